The molecule has 1 aromatic heterocycles. The SMILES string of the molecule is CC(C)c1csc(NC(=O)NCC[C@H](O)C(=O)O)n1. The van der Waals surface area contributed by atoms with Gasteiger partial charge in [0.15, 0.2) is 11.2 Å². The number of thiazole rings is 1. The second kappa shape index (κ2) is 7.05. The number of hydrogen-bond acceptors (Lipinski definition) is 5. The Kier molecular flexibility index (Phi) is 5.71. The van der Waals surface area contributed by atoms with Crippen LogP contribution < -0.4 is 10.6 Å². The third-order valence-corrected chi connectivity index (χ3v) is 3.10. The molecule has 1 rings (SSSR count). The van der Waals surface area contributed by atoms with E-state index in [1.54, 1.807) is 0 Å². The fraction of sp³-hybridized carbons (Fsp3) is 0.545. The number of urea groups is 1. The van der Waals surface area contributed by atoms with Crippen molar-refractivity contribution >= 4 is 28.5 Å². The number of carboxylic acids is 1. The van der Waals surface area contributed by atoms with Gasteiger partial charge in [0, 0.05) is 18.3 Å². The van der Waals surface area contributed by atoms with E-state index in [4.69, 9.17) is 10.2 Å². The van der Waals surface area contributed by atoms with Gasteiger partial charge in [0.25, 0.3) is 0 Å². The van der Waals surface area contributed by atoms with Crippen molar-refractivity contribution in [1.29, 1.82) is 0 Å². The molecule has 0 aromatic carbocycles. The van der Waals surface area contributed by atoms with Crippen molar-refractivity contribution in [2.45, 2.75) is 32.3 Å². The van der Waals surface area contributed by atoms with Gasteiger partial charge >= 0.3 is 12.0 Å². The van der Waals surface area contributed by atoms with Gasteiger partial charge in [0.1, 0.15) is 0 Å². The predicted octanol–water partition coefficient (Wildman–Crippen LogP) is 1.22. The summed E-state index contributed by atoms with van der Waals surface area (Å²) in [5.74, 6) is -1.01. The molecule has 0 bridgehead atoms. The van der Waals surface area contributed by atoms with Crippen molar-refractivity contribution in [3.63, 3.8) is 0 Å². The number of carbonyl (C=O) groups excluding carboxylic acids is 1. The lowest BCUT2D eigenvalue weighted by Gasteiger charge is -2.07. The number of amides is 2. The molecule has 0 aliphatic rings. The Morgan fingerprint density at radius 2 is 2.16 bits per heavy atom. The molecule has 8 heteroatoms. The van der Waals surface area contributed by atoms with Crippen molar-refractivity contribution in [2.75, 3.05) is 11.9 Å². The Morgan fingerprint density at radius 1 is 1.47 bits per heavy atom. The fourth-order valence-corrected chi connectivity index (χ4v) is 2.06. The molecule has 0 aliphatic carbocycles. The first-order valence-electron chi connectivity index (χ1n) is 5.81. The highest BCUT2D eigenvalue weighted by Gasteiger charge is 2.13. The predicted molar refractivity (Wildman–Crippen MR) is 71.5 cm³/mol. The number of nitrogens with zero attached hydrogens (tertiary/aromatic N) is 1. The zero-order valence-corrected chi connectivity index (χ0v) is 11.5. The van der Waals surface area contributed by atoms with Gasteiger partial charge in [-0.3, -0.25) is 5.32 Å². The van der Waals surface area contributed by atoms with Gasteiger partial charge in [-0.2, -0.15) is 0 Å². The molecule has 0 spiro atoms. The summed E-state index contributed by atoms with van der Waals surface area (Å²) in [7, 11) is 0. The molecular weight excluding hydrogens is 270 g/mol. The number of aliphatic hydroxyl groups is 1. The van der Waals surface area contributed by atoms with Crippen molar-refractivity contribution < 1.29 is 19.8 Å². The van der Waals surface area contributed by atoms with Crippen molar-refractivity contribution in [1.82, 2.24) is 10.3 Å². The molecule has 0 fully saturated rings. The second-order valence-electron chi connectivity index (χ2n) is 4.26. The van der Waals surface area contributed by atoms with Crippen molar-refractivity contribution in [2.24, 2.45) is 0 Å². The van der Waals surface area contributed by atoms with Gasteiger partial charge in [-0.25, -0.2) is 14.6 Å². The smallest absolute Gasteiger partial charge is 0.332 e. The zero-order chi connectivity index (χ0) is 14.4. The highest BCUT2D eigenvalue weighted by atomic mass is 32.1. The molecule has 0 radical (unpaired) electrons. The van der Waals surface area contributed by atoms with Crippen LogP contribution >= 0.6 is 11.3 Å². The maximum absolute atomic E-state index is 11.5. The van der Waals surface area contributed by atoms with E-state index in [1.807, 2.05) is 19.2 Å². The summed E-state index contributed by atoms with van der Waals surface area (Å²) in [5, 5.41) is 24.8. The second-order valence-corrected chi connectivity index (χ2v) is 5.11. The molecule has 0 unspecified atom stereocenters. The van der Waals surface area contributed by atoms with E-state index in [1.165, 1.54) is 11.3 Å². The minimum Gasteiger partial charge on any atom is -0.479 e. The van der Waals surface area contributed by atoms with Crippen LogP contribution in [0.5, 0.6) is 0 Å². The van der Waals surface area contributed by atoms with Gasteiger partial charge in [0.05, 0.1) is 5.69 Å². The summed E-state index contributed by atoms with van der Waals surface area (Å²) in [6.07, 6.45) is -1.51. The molecule has 19 heavy (non-hydrogen) atoms. The lowest BCUT2D eigenvalue weighted by molar-refractivity contribution is -0.146. The largest absolute Gasteiger partial charge is 0.479 e. The first kappa shape index (κ1) is 15.4. The van der Waals surface area contributed by atoms with Crippen molar-refractivity contribution in [3.8, 4) is 0 Å². The molecular formula is C11H17N3O4S. The quantitative estimate of drug-likeness (QED) is 0.628. The number of rotatable bonds is 6. The lowest BCUT2D eigenvalue weighted by Crippen LogP contribution is -2.33. The van der Waals surface area contributed by atoms with Gasteiger partial charge in [-0.1, -0.05) is 13.8 Å². The topological polar surface area (TPSA) is 112 Å². The molecule has 0 saturated heterocycles. The first-order valence-corrected chi connectivity index (χ1v) is 6.69. The minimum absolute atomic E-state index is 0.0438. The fourth-order valence-electron chi connectivity index (χ4n) is 1.20. The zero-order valence-electron chi connectivity index (χ0n) is 10.7. The maximum Gasteiger partial charge on any atom is 0.332 e. The molecule has 0 aliphatic heterocycles. The lowest BCUT2D eigenvalue weighted by atomic mass is 10.2. The monoisotopic (exact) mass is 287 g/mol. The van der Waals surface area contributed by atoms with E-state index in [9.17, 15) is 9.59 Å². The van der Waals surface area contributed by atoms with Crippen LogP contribution in [-0.4, -0.2) is 39.8 Å². The third kappa shape index (κ3) is 5.23. The number of anilines is 1. The van der Waals surface area contributed by atoms with Gasteiger partial charge < -0.3 is 15.5 Å². The van der Waals surface area contributed by atoms with Crippen LogP contribution in [0.2, 0.25) is 0 Å². The molecule has 2 amide bonds. The number of nitrogens with one attached hydrogen (secondary N) is 2. The van der Waals surface area contributed by atoms with Gasteiger partial charge in [-0.15, -0.1) is 11.3 Å². The van der Waals surface area contributed by atoms with E-state index in [0.717, 1.165) is 5.69 Å². The standard InChI is InChI=1S/C11H17N3O4S/c1-6(2)7-5-19-11(13-7)14-10(18)12-4-3-8(15)9(16)17/h5-6,8,15H,3-4H2,1-2H3,(H,16,17)(H2,12,13,14,18)/t8-/m0/s1. The van der Waals surface area contributed by atoms with E-state index in [2.05, 4.69) is 15.6 Å². The summed E-state index contributed by atoms with van der Waals surface area (Å²) in [6.45, 7) is 4.08. The van der Waals surface area contributed by atoms with Crippen LogP contribution in [0, 0.1) is 0 Å². The molecule has 1 atom stereocenters. The third-order valence-electron chi connectivity index (χ3n) is 2.32. The Hall–Kier alpha value is -1.67. The van der Waals surface area contributed by atoms with Crippen LogP contribution in [-0.2, 0) is 4.79 Å². The normalized spacial score (nSPS) is 12.2. The summed E-state index contributed by atoms with van der Waals surface area (Å²) in [6, 6.07) is -0.470. The summed E-state index contributed by atoms with van der Waals surface area (Å²) < 4.78 is 0. The van der Waals surface area contributed by atoms with Crippen molar-refractivity contribution in [3.05, 3.63) is 11.1 Å². The Bertz CT molecular complexity index is 447. The first-order chi connectivity index (χ1) is 8.90. The van der Waals surface area contributed by atoms with Crippen LogP contribution in [0.4, 0.5) is 9.93 Å². The Labute approximate surface area is 114 Å². The number of aliphatic hydroxyl groups excluding tert-OH is 1. The van der Waals surface area contributed by atoms with E-state index >= 15 is 0 Å². The van der Waals surface area contributed by atoms with E-state index < -0.39 is 18.1 Å². The van der Waals surface area contributed by atoms with E-state index in [0.29, 0.717) is 11.0 Å². The molecule has 1 aromatic rings. The summed E-state index contributed by atoms with van der Waals surface area (Å²) in [4.78, 5) is 26.0. The maximum atomic E-state index is 11.5. The van der Waals surface area contributed by atoms with Crippen LogP contribution in [0.25, 0.3) is 0 Å². The molecule has 0 saturated carbocycles. The van der Waals surface area contributed by atoms with Gasteiger partial charge in [0.2, 0.25) is 0 Å². The highest BCUT2D eigenvalue weighted by Crippen LogP contribution is 2.21. The average Bonchev–Trinajstić information content (AvgIpc) is 2.77. The van der Waals surface area contributed by atoms with Crippen LogP contribution in [0.15, 0.2) is 5.38 Å². The number of aliphatic carboxylic acids is 1. The highest BCUT2D eigenvalue weighted by molar-refractivity contribution is 7.13. The van der Waals surface area contributed by atoms with Crippen LogP contribution in [0.3, 0.4) is 0 Å². The number of carboxylic acid groups (broad SMARTS) is 1. The van der Waals surface area contributed by atoms with Crippen LogP contribution in [0.1, 0.15) is 31.9 Å². The molecule has 1 heterocycles. The van der Waals surface area contributed by atoms with Gasteiger partial charge in [-0.05, 0) is 5.92 Å². The molecule has 4 N–H and O–H groups in total. The number of carbonyl (C=O) groups is 2. The number of hydrogen-bond donors (Lipinski definition) is 4. The average molecular weight is 287 g/mol. The summed E-state index contributed by atoms with van der Waals surface area (Å²) in [5.41, 5.74) is 0.904. The minimum atomic E-state index is -1.47. The Morgan fingerprint density at radius 3 is 2.68 bits per heavy atom. The molecule has 106 valence electrons. The molecule has 7 nitrogen and oxygen atoms in total. The van der Waals surface area contributed by atoms with E-state index in [-0.39, 0.29) is 13.0 Å². The Balaban J connectivity index is 2.32. The number of aromatic nitrogens is 1. The summed E-state index contributed by atoms with van der Waals surface area (Å²) >= 11 is 1.32.